The highest BCUT2D eigenvalue weighted by molar-refractivity contribution is 8.00. The molecule has 1 amide bonds. The Bertz CT molecular complexity index is 1070. The molecule has 1 aromatic carbocycles. The van der Waals surface area contributed by atoms with Crippen LogP contribution in [-0.4, -0.2) is 52.8 Å². The van der Waals surface area contributed by atoms with Gasteiger partial charge in [0.1, 0.15) is 22.3 Å². The summed E-state index contributed by atoms with van der Waals surface area (Å²) < 4.78 is 11.7. The largest absolute Gasteiger partial charge is 0.486 e. The highest BCUT2D eigenvalue weighted by Crippen LogP contribution is 2.35. The lowest BCUT2D eigenvalue weighted by Gasteiger charge is -2.29. The molecule has 0 spiro atoms. The van der Waals surface area contributed by atoms with E-state index in [2.05, 4.69) is 23.8 Å². The molecule has 1 aliphatic heterocycles. The van der Waals surface area contributed by atoms with Crippen molar-refractivity contribution in [1.82, 2.24) is 14.9 Å². The number of rotatable bonds is 5. The van der Waals surface area contributed by atoms with Crippen LogP contribution in [0.1, 0.15) is 16.3 Å². The maximum atomic E-state index is 12.7. The summed E-state index contributed by atoms with van der Waals surface area (Å²) in [4.78, 5) is 25.8. The summed E-state index contributed by atoms with van der Waals surface area (Å²) in [6.07, 6.45) is -0.182. The first-order valence-corrected chi connectivity index (χ1v) is 11.2. The Balaban J connectivity index is 1.39. The Morgan fingerprint density at radius 3 is 2.79 bits per heavy atom. The third-order valence-electron chi connectivity index (χ3n) is 4.91. The van der Waals surface area contributed by atoms with Crippen LogP contribution in [0.4, 0.5) is 0 Å². The third-order valence-corrected chi connectivity index (χ3v) is 6.97. The number of aromatic nitrogens is 2. The first-order chi connectivity index (χ1) is 13.9. The van der Waals surface area contributed by atoms with E-state index in [1.807, 2.05) is 31.2 Å². The van der Waals surface area contributed by atoms with Gasteiger partial charge < -0.3 is 14.4 Å². The molecule has 152 valence electrons. The summed E-state index contributed by atoms with van der Waals surface area (Å²) in [5.74, 6) is 2.56. The lowest BCUT2D eigenvalue weighted by molar-refractivity contribution is -0.128. The molecule has 4 rings (SSSR count). The van der Waals surface area contributed by atoms with Crippen molar-refractivity contribution in [3.05, 3.63) is 40.5 Å². The Kier molecular flexibility index (Phi) is 5.65. The summed E-state index contributed by atoms with van der Waals surface area (Å²) in [5.41, 5.74) is 1.19. The van der Waals surface area contributed by atoms with Gasteiger partial charge in [0, 0.05) is 17.3 Å². The van der Waals surface area contributed by atoms with Gasteiger partial charge in [-0.05, 0) is 38.5 Å². The van der Waals surface area contributed by atoms with Crippen molar-refractivity contribution in [2.45, 2.75) is 31.9 Å². The fraction of sp³-hybridized carbons (Fsp3) is 0.381. The SMILES string of the molecule is Cc1nc(SCC(=O)N(C)C[C@H]2COc3ccccc3O2)c2c(C)c(C)sc2n1. The summed E-state index contributed by atoms with van der Waals surface area (Å²) in [7, 11) is 1.80. The van der Waals surface area contributed by atoms with Crippen LogP contribution < -0.4 is 9.47 Å². The molecule has 8 heteroatoms. The lowest BCUT2D eigenvalue weighted by Crippen LogP contribution is -2.42. The molecule has 6 nitrogen and oxygen atoms in total. The van der Waals surface area contributed by atoms with E-state index in [0.29, 0.717) is 18.9 Å². The van der Waals surface area contributed by atoms with E-state index in [9.17, 15) is 4.79 Å². The fourth-order valence-corrected chi connectivity index (χ4v) is 5.43. The van der Waals surface area contributed by atoms with Gasteiger partial charge in [0.05, 0.1) is 12.3 Å². The van der Waals surface area contributed by atoms with Gasteiger partial charge in [-0.2, -0.15) is 0 Å². The fourth-order valence-electron chi connectivity index (χ4n) is 3.22. The molecule has 0 N–H and O–H groups in total. The van der Waals surface area contributed by atoms with E-state index < -0.39 is 0 Å². The number of nitrogens with zero attached hydrogens (tertiary/aromatic N) is 3. The topological polar surface area (TPSA) is 64.6 Å². The first kappa shape index (κ1) is 20.0. The maximum Gasteiger partial charge on any atom is 0.232 e. The zero-order valence-corrected chi connectivity index (χ0v) is 18.5. The summed E-state index contributed by atoms with van der Waals surface area (Å²) in [6.45, 7) is 6.97. The van der Waals surface area contributed by atoms with Crippen LogP contribution >= 0.6 is 23.1 Å². The number of fused-ring (bicyclic) bond motifs is 2. The zero-order chi connectivity index (χ0) is 20.5. The smallest absolute Gasteiger partial charge is 0.232 e. The van der Waals surface area contributed by atoms with E-state index in [1.54, 1.807) is 23.3 Å². The molecule has 1 aliphatic rings. The molecule has 0 saturated heterocycles. The molecule has 1 atom stereocenters. The molecule has 0 unspecified atom stereocenters. The van der Waals surface area contributed by atoms with Gasteiger partial charge in [-0.15, -0.1) is 11.3 Å². The van der Waals surface area contributed by atoms with E-state index in [4.69, 9.17) is 9.47 Å². The molecule has 0 fully saturated rings. The quantitative estimate of drug-likeness (QED) is 0.451. The molecular weight excluding hydrogens is 406 g/mol. The lowest BCUT2D eigenvalue weighted by atomic mass is 10.2. The number of hydrogen-bond acceptors (Lipinski definition) is 7. The second-order valence-corrected chi connectivity index (χ2v) is 9.27. The number of thiophene rings is 1. The van der Waals surface area contributed by atoms with Gasteiger partial charge in [0.2, 0.25) is 5.91 Å². The zero-order valence-electron chi connectivity index (χ0n) is 16.9. The van der Waals surface area contributed by atoms with Crippen molar-refractivity contribution < 1.29 is 14.3 Å². The second-order valence-electron chi connectivity index (χ2n) is 7.10. The molecule has 29 heavy (non-hydrogen) atoms. The Labute approximate surface area is 178 Å². The molecule has 3 aromatic rings. The highest BCUT2D eigenvalue weighted by atomic mass is 32.2. The summed E-state index contributed by atoms with van der Waals surface area (Å²) in [6, 6.07) is 7.59. The first-order valence-electron chi connectivity index (χ1n) is 9.42. The van der Waals surface area contributed by atoms with Gasteiger partial charge in [0.15, 0.2) is 17.6 Å². The van der Waals surface area contributed by atoms with Gasteiger partial charge in [-0.25, -0.2) is 9.97 Å². The predicted octanol–water partition coefficient (Wildman–Crippen LogP) is 4.01. The van der Waals surface area contributed by atoms with Crippen LogP contribution in [0, 0.1) is 20.8 Å². The van der Waals surface area contributed by atoms with Crippen LogP contribution in [0.3, 0.4) is 0 Å². The van der Waals surface area contributed by atoms with Crippen molar-refractivity contribution in [2.24, 2.45) is 0 Å². The minimum atomic E-state index is -0.182. The van der Waals surface area contributed by atoms with Gasteiger partial charge in [-0.1, -0.05) is 23.9 Å². The van der Waals surface area contributed by atoms with Gasteiger partial charge >= 0.3 is 0 Å². The van der Waals surface area contributed by atoms with E-state index in [0.717, 1.165) is 32.6 Å². The van der Waals surface area contributed by atoms with Crippen molar-refractivity contribution in [1.29, 1.82) is 0 Å². The van der Waals surface area contributed by atoms with Crippen LogP contribution in [0.25, 0.3) is 10.2 Å². The molecule has 0 bridgehead atoms. The minimum absolute atomic E-state index is 0.0338. The number of hydrogen-bond donors (Lipinski definition) is 0. The van der Waals surface area contributed by atoms with Crippen molar-refractivity contribution in [3.8, 4) is 11.5 Å². The van der Waals surface area contributed by atoms with Crippen molar-refractivity contribution in [2.75, 3.05) is 26.0 Å². The monoisotopic (exact) mass is 429 g/mol. The number of thioether (sulfide) groups is 1. The average molecular weight is 430 g/mol. The summed E-state index contributed by atoms with van der Waals surface area (Å²) >= 11 is 3.15. The number of aryl methyl sites for hydroxylation is 3. The molecule has 0 aliphatic carbocycles. The van der Waals surface area contributed by atoms with E-state index in [-0.39, 0.29) is 12.0 Å². The third kappa shape index (κ3) is 4.18. The van der Waals surface area contributed by atoms with Crippen molar-refractivity contribution >= 4 is 39.2 Å². The Morgan fingerprint density at radius 1 is 1.24 bits per heavy atom. The number of carbonyl (C=O) groups is 1. The maximum absolute atomic E-state index is 12.7. The molecule has 2 aromatic heterocycles. The number of para-hydroxylation sites is 2. The number of likely N-dealkylation sites (N-methyl/N-ethyl adjacent to an activating group) is 1. The molecule has 0 radical (unpaired) electrons. The van der Waals surface area contributed by atoms with E-state index >= 15 is 0 Å². The standard InChI is InChI=1S/C21H23N3O3S2/c1-12-13(2)29-21-19(12)20(22-14(3)23-21)28-11-18(25)24(4)9-15-10-26-16-7-5-6-8-17(16)27-15/h5-8,15H,9-11H2,1-4H3/t15-/m0/s1. The van der Waals surface area contributed by atoms with E-state index in [1.165, 1.54) is 22.2 Å². The predicted molar refractivity (Wildman–Crippen MR) is 116 cm³/mol. The van der Waals surface area contributed by atoms with Crippen LogP contribution in [-0.2, 0) is 4.79 Å². The molecule has 0 saturated carbocycles. The highest BCUT2D eigenvalue weighted by Gasteiger charge is 2.24. The van der Waals surface area contributed by atoms with Crippen LogP contribution in [0.2, 0.25) is 0 Å². The molecule has 3 heterocycles. The van der Waals surface area contributed by atoms with Crippen LogP contribution in [0.15, 0.2) is 29.3 Å². The Hall–Kier alpha value is -2.32. The van der Waals surface area contributed by atoms with Gasteiger partial charge in [0.25, 0.3) is 0 Å². The minimum Gasteiger partial charge on any atom is -0.486 e. The van der Waals surface area contributed by atoms with Crippen LogP contribution in [0.5, 0.6) is 11.5 Å². The Morgan fingerprint density at radius 2 is 2.00 bits per heavy atom. The number of amides is 1. The van der Waals surface area contributed by atoms with Gasteiger partial charge in [-0.3, -0.25) is 4.79 Å². The summed E-state index contributed by atoms with van der Waals surface area (Å²) in [5, 5.41) is 1.95. The molecular formula is C21H23N3O3S2. The van der Waals surface area contributed by atoms with Crippen molar-refractivity contribution in [3.63, 3.8) is 0 Å². The number of ether oxygens (including phenoxy) is 2. The average Bonchev–Trinajstić information content (AvgIpc) is 2.99. The normalized spacial score (nSPS) is 15.5. The number of benzene rings is 1. The second kappa shape index (κ2) is 8.20. The number of carbonyl (C=O) groups excluding carboxylic acids is 1.